The first-order valence-corrected chi connectivity index (χ1v) is 9.33. The molecule has 0 aliphatic heterocycles. The third kappa shape index (κ3) is 5.76. The van der Waals surface area contributed by atoms with Gasteiger partial charge in [0.15, 0.2) is 5.01 Å². The second kappa shape index (κ2) is 9.59. The molecule has 5 nitrogen and oxygen atoms in total. The molecular weight excluding hydrogens is 346 g/mol. The smallest absolute Gasteiger partial charge is 0.229 e. The predicted octanol–water partition coefficient (Wildman–Crippen LogP) is 4.93. The molecule has 130 valence electrons. The van der Waals surface area contributed by atoms with Gasteiger partial charge in [-0.05, 0) is 37.1 Å². The van der Waals surface area contributed by atoms with Gasteiger partial charge in [0.05, 0.1) is 0 Å². The number of carbonyl (C=O) groups excluding carboxylic acids is 1. The van der Waals surface area contributed by atoms with Crippen LogP contribution in [0.4, 0.5) is 5.13 Å². The van der Waals surface area contributed by atoms with E-state index < -0.39 is 0 Å². The molecule has 0 spiro atoms. The molecule has 0 fully saturated rings. The van der Waals surface area contributed by atoms with E-state index in [1.165, 1.54) is 11.3 Å². The monoisotopic (exact) mass is 367 g/mol. The normalized spacial score (nSPS) is 12.0. The quantitative estimate of drug-likeness (QED) is 0.682. The highest BCUT2D eigenvalue weighted by Gasteiger charge is 2.17. The van der Waals surface area contributed by atoms with Crippen LogP contribution in [0.5, 0.6) is 5.75 Å². The van der Waals surface area contributed by atoms with Crippen molar-refractivity contribution >= 4 is 34.0 Å². The van der Waals surface area contributed by atoms with Crippen LogP contribution in [-0.4, -0.2) is 16.1 Å². The Balaban J connectivity index is 1.85. The zero-order valence-electron chi connectivity index (χ0n) is 13.9. The number of amides is 1. The van der Waals surface area contributed by atoms with Gasteiger partial charge in [-0.1, -0.05) is 49.6 Å². The zero-order valence-corrected chi connectivity index (χ0v) is 15.5. The maximum absolute atomic E-state index is 12.3. The second-order valence-corrected chi connectivity index (χ2v) is 6.98. The first-order chi connectivity index (χ1) is 11.6. The van der Waals surface area contributed by atoms with Gasteiger partial charge in [0, 0.05) is 10.9 Å². The number of hydrogen-bond donors (Lipinski definition) is 1. The van der Waals surface area contributed by atoms with E-state index in [9.17, 15) is 4.79 Å². The maximum Gasteiger partial charge on any atom is 0.229 e. The second-order valence-electron chi connectivity index (χ2n) is 5.48. The number of nitrogens with zero attached hydrogens (tertiary/aromatic N) is 2. The SMILES string of the molecule is CCCCC(CC)C(=O)Nc1nnc(COc2ccc(Cl)cc2)s1. The number of halogens is 1. The molecule has 0 aliphatic rings. The minimum absolute atomic E-state index is 0.0206. The Kier molecular flexibility index (Phi) is 7.46. The Morgan fingerprint density at radius 1 is 1.29 bits per heavy atom. The van der Waals surface area contributed by atoms with Crippen LogP contribution in [0.3, 0.4) is 0 Å². The average molecular weight is 368 g/mol. The number of anilines is 1. The van der Waals surface area contributed by atoms with Crippen LogP contribution < -0.4 is 10.1 Å². The van der Waals surface area contributed by atoms with Gasteiger partial charge in [0.1, 0.15) is 12.4 Å². The van der Waals surface area contributed by atoms with Crippen molar-refractivity contribution in [3.05, 3.63) is 34.3 Å². The largest absolute Gasteiger partial charge is 0.486 e. The van der Waals surface area contributed by atoms with E-state index in [4.69, 9.17) is 16.3 Å². The van der Waals surface area contributed by atoms with Gasteiger partial charge in [-0.15, -0.1) is 10.2 Å². The van der Waals surface area contributed by atoms with Crippen LogP contribution in [0.25, 0.3) is 0 Å². The number of aromatic nitrogens is 2. The average Bonchev–Trinajstić information content (AvgIpc) is 3.02. The molecular formula is C17H22ClN3O2S. The number of hydrogen-bond acceptors (Lipinski definition) is 5. The first kappa shape index (κ1) is 18.7. The summed E-state index contributed by atoms with van der Waals surface area (Å²) in [5.41, 5.74) is 0. The Morgan fingerprint density at radius 3 is 2.71 bits per heavy atom. The van der Waals surface area contributed by atoms with E-state index in [-0.39, 0.29) is 11.8 Å². The molecule has 0 aliphatic carbocycles. The molecule has 24 heavy (non-hydrogen) atoms. The van der Waals surface area contributed by atoms with Gasteiger partial charge in [0.2, 0.25) is 11.0 Å². The standard InChI is InChI=1S/C17H22ClN3O2S/c1-3-5-6-12(4-2)16(22)19-17-21-20-15(24-17)11-23-14-9-7-13(18)8-10-14/h7-10,12H,3-6,11H2,1-2H3,(H,19,21,22). The summed E-state index contributed by atoms with van der Waals surface area (Å²) in [6.07, 6.45) is 3.89. The summed E-state index contributed by atoms with van der Waals surface area (Å²) in [5, 5.41) is 12.8. The lowest BCUT2D eigenvalue weighted by molar-refractivity contribution is -0.120. The summed E-state index contributed by atoms with van der Waals surface area (Å²) >= 11 is 7.16. The van der Waals surface area contributed by atoms with E-state index in [1.807, 2.05) is 6.92 Å². The topological polar surface area (TPSA) is 64.1 Å². The van der Waals surface area contributed by atoms with E-state index in [1.54, 1.807) is 24.3 Å². The molecule has 1 heterocycles. The van der Waals surface area contributed by atoms with Gasteiger partial charge < -0.3 is 10.1 Å². The zero-order chi connectivity index (χ0) is 17.4. The molecule has 1 amide bonds. The van der Waals surface area contributed by atoms with Crippen molar-refractivity contribution in [2.24, 2.45) is 5.92 Å². The van der Waals surface area contributed by atoms with Gasteiger partial charge in [-0.25, -0.2) is 0 Å². The number of unbranched alkanes of at least 4 members (excludes halogenated alkanes) is 1. The lowest BCUT2D eigenvalue weighted by Gasteiger charge is -2.12. The maximum atomic E-state index is 12.3. The van der Waals surface area contributed by atoms with Crippen molar-refractivity contribution < 1.29 is 9.53 Å². The van der Waals surface area contributed by atoms with Crippen molar-refractivity contribution in [2.45, 2.75) is 46.1 Å². The fourth-order valence-corrected chi connectivity index (χ4v) is 3.00. The highest BCUT2D eigenvalue weighted by molar-refractivity contribution is 7.15. The van der Waals surface area contributed by atoms with Gasteiger partial charge in [-0.2, -0.15) is 0 Å². The van der Waals surface area contributed by atoms with Crippen LogP contribution in [0.2, 0.25) is 5.02 Å². The van der Waals surface area contributed by atoms with E-state index in [0.717, 1.165) is 25.7 Å². The number of ether oxygens (including phenoxy) is 1. The number of nitrogens with one attached hydrogen (secondary N) is 1. The van der Waals surface area contributed by atoms with Crippen LogP contribution in [0, 0.1) is 5.92 Å². The molecule has 7 heteroatoms. The Hall–Kier alpha value is -1.66. The minimum atomic E-state index is 0.0206. The van der Waals surface area contributed by atoms with Crippen molar-refractivity contribution in [3.8, 4) is 5.75 Å². The van der Waals surface area contributed by atoms with Crippen molar-refractivity contribution in [1.29, 1.82) is 0 Å². The number of carbonyl (C=O) groups is 1. The summed E-state index contributed by atoms with van der Waals surface area (Å²) in [4.78, 5) is 12.3. The molecule has 1 unspecified atom stereocenters. The van der Waals surface area contributed by atoms with Crippen molar-refractivity contribution in [2.75, 3.05) is 5.32 Å². The summed E-state index contributed by atoms with van der Waals surface area (Å²) in [6.45, 7) is 4.47. The van der Waals surface area contributed by atoms with Gasteiger partial charge in [0.25, 0.3) is 0 Å². The van der Waals surface area contributed by atoms with Crippen LogP contribution >= 0.6 is 22.9 Å². The van der Waals surface area contributed by atoms with Gasteiger partial charge in [-0.3, -0.25) is 4.79 Å². The van der Waals surface area contributed by atoms with Crippen LogP contribution in [-0.2, 0) is 11.4 Å². The van der Waals surface area contributed by atoms with E-state index >= 15 is 0 Å². The van der Waals surface area contributed by atoms with Crippen LogP contribution in [0.1, 0.15) is 44.5 Å². The lowest BCUT2D eigenvalue weighted by Crippen LogP contribution is -2.22. The fraction of sp³-hybridized carbons (Fsp3) is 0.471. The Labute approximate surface area is 151 Å². The van der Waals surface area contributed by atoms with Crippen LogP contribution in [0.15, 0.2) is 24.3 Å². The fourth-order valence-electron chi connectivity index (χ4n) is 2.22. The van der Waals surface area contributed by atoms with Crippen molar-refractivity contribution in [3.63, 3.8) is 0 Å². The molecule has 0 radical (unpaired) electrons. The summed E-state index contributed by atoms with van der Waals surface area (Å²) < 4.78 is 5.62. The lowest BCUT2D eigenvalue weighted by atomic mass is 9.99. The highest BCUT2D eigenvalue weighted by atomic mass is 35.5. The minimum Gasteiger partial charge on any atom is -0.486 e. The summed E-state index contributed by atoms with van der Waals surface area (Å²) in [6, 6.07) is 7.13. The number of benzene rings is 1. The molecule has 0 saturated heterocycles. The molecule has 1 atom stereocenters. The van der Waals surface area contributed by atoms with E-state index in [2.05, 4.69) is 22.4 Å². The molecule has 1 aromatic heterocycles. The van der Waals surface area contributed by atoms with Gasteiger partial charge >= 0.3 is 0 Å². The molecule has 1 N–H and O–H groups in total. The van der Waals surface area contributed by atoms with Crippen molar-refractivity contribution in [1.82, 2.24) is 10.2 Å². The molecule has 2 aromatic rings. The Bertz CT molecular complexity index is 646. The molecule has 1 aromatic carbocycles. The number of rotatable bonds is 9. The highest BCUT2D eigenvalue weighted by Crippen LogP contribution is 2.21. The summed E-state index contributed by atoms with van der Waals surface area (Å²) in [7, 11) is 0. The predicted molar refractivity (Wildman–Crippen MR) is 97.6 cm³/mol. The summed E-state index contributed by atoms with van der Waals surface area (Å²) in [5.74, 6) is 0.765. The molecule has 0 bridgehead atoms. The van der Waals surface area contributed by atoms with E-state index in [0.29, 0.717) is 27.5 Å². The first-order valence-electron chi connectivity index (χ1n) is 8.14. The molecule has 2 rings (SSSR count). The third-order valence-corrected chi connectivity index (χ3v) is 4.71. The Morgan fingerprint density at radius 2 is 2.04 bits per heavy atom. The molecule has 0 saturated carbocycles. The third-order valence-electron chi connectivity index (χ3n) is 3.64.